The van der Waals surface area contributed by atoms with Gasteiger partial charge in [-0.15, -0.1) is 0 Å². The number of benzene rings is 1. The number of aryl methyl sites for hydroxylation is 1. The molecule has 108 valence electrons. The normalized spacial score (nSPS) is 11.0. The molecule has 0 aliphatic rings. The molecule has 0 fully saturated rings. The average molecular weight is 301 g/mol. The number of aromatic amines is 1. The maximum atomic E-state index is 5.64. The van der Waals surface area contributed by atoms with E-state index in [-0.39, 0.29) is 0 Å². The van der Waals surface area contributed by atoms with Crippen molar-refractivity contribution >= 4 is 22.8 Å². The van der Waals surface area contributed by atoms with Crippen molar-refractivity contribution < 1.29 is 4.74 Å². The number of H-pyrrole nitrogens is 1. The zero-order valence-corrected chi connectivity index (χ0v) is 12.6. The molecule has 1 aromatic carbocycles. The fourth-order valence-corrected chi connectivity index (χ4v) is 2.81. The molecular weight excluding hydrogens is 286 g/mol. The highest BCUT2D eigenvalue weighted by atomic mass is 32.2. The molecule has 0 unspecified atom stereocenters. The van der Waals surface area contributed by atoms with Gasteiger partial charge in [0.1, 0.15) is 5.75 Å². The fraction of sp³-hybridized carbons (Fsp3) is 0.214. The molecular formula is C14H15N5OS. The molecule has 3 aromatic rings. The van der Waals surface area contributed by atoms with E-state index in [1.807, 2.05) is 31.2 Å². The largest absolute Gasteiger partial charge is 0.497 e. The Morgan fingerprint density at radius 2 is 2.10 bits per heavy atom. The molecule has 0 aliphatic carbocycles. The third-order valence-corrected chi connectivity index (χ3v) is 3.70. The molecule has 0 bridgehead atoms. The van der Waals surface area contributed by atoms with Gasteiger partial charge in [0.15, 0.2) is 10.3 Å². The van der Waals surface area contributed by atoms with Gasteiger partial charge in [-0.2, -0.15) is 0 Å². The highest BCUT2D eigenvalue weighted by Crippen LogP contribution is 2.26. The number of nitrogens with two attached hydrogens (primary N) is 1. The van der Waals surface area contributed by atoms with Crippen molar-refractivity contribution in [1.82, 2.24) is 19.9 Å². The summed E-state index contributed by atoms with van der Waals surface area (Å²) in [5, 5.41) is 1.38. The minimum absolute atomic E-state index is 0.397. The van der Waals surface area contributed by atoms with Crippen molar-refractivity contribution in [3.8, 4) is 5.75 Å². The van der Waals surface area contributed by atoms with Crippen LogP contribution in [0.2, 0.25) is 0 Å². The molecule has 3 N–H and O–H groups in total. The van der Waals surface area contributed by atoms with E-state index in [1.54, 1.807) is 7.11 Å². The minimum Gasteiger partial charge on any atom is -0.497 e. The molecule has 0 saturated carbocycles. The molecule has 7 heteroatoms. The summed E-state index contributed by atoms with van der Waals surface area (Å²) in [5.41, 5.74) is 9.15. The minimum atomic E-state index is 0.397. The standard InChI is InChI=1S/C14H15N5OS/c1-8-5-9(7-15)17-13(16-8)21-14-18-11-4-3-10(20-2)6-12(11)19-14/h3-6H,7,15H2,1-2H3,(H,18,19). The third-order valence-electron chi connectivity index (χ3n) is 2.95. The molecule has 0 amide bonds. The van der Waals surface area contributed by atoms with Gasteiger partial charge in [-0.25, -0.2) is 15.0 Å². The van der Waals surface area contributed by atoms with E-state index >= 15 is 0 Å². The Morgan fingerprint density at radius 1 is 1.24 bits per heavy atom. The average Bonchev–Trinajstić information content (AvgIpc) is 2.87. The molecule has 0 saturated heterocycles. The first-order valence-electron chi connectivity index (χ1n) is 6.44. The van der Waals surface area contributed by atoms with Gasteiger partial charge in [0.05, 0.1) is 23.8 Å². The predicted molar refractivity (Wildman–Crippen MR) is 81.4 cm³/mol. The topological polar surface area (TPSA) is 89.7 Å². The number of aromatic nitrogens is 4. The summed E-state index contributed by atoms with van der Waals surface area (Å²) in [5.74, 6) is 0.792. The molecule has 0 radical (unpaired) electrons. The third kappa shape index (κ3) is 2.98. The number of nitrogens with zero attached hydrogens (tertiary/aromatic N) is 3. The van der Waals surface area contributed by atoms with Crippen LogP contribution < -0.4 is 10.5 Å². The second-order valence-electron chi connectivity index (χ2n) is 4.51. The van der Waals surface area contributed by atoms with Crippen molar-refractivity contribution in [3.63, 3.8) is 0 Å². The number of imidazole rings is 1. The highest BCUT2D eigenvalue weighted by molar-refractivity contribution is 7.99. The summed E-state index contributed by atoms with van der Waals surface area (Å²) < 4.78 is 5.20. The van der Waals surface area contributed by atoms with Crippen molar-refractivity contribution in [2.75, 3.05) is 7.11 Å². The molecule has 2 heterocycles. The lowest BCUT2D eigenvalue weighted by Gasteiger charge is -2.01. The summed E-state index contributed by atoms with van der Waals surface area (Å²) >= 11 is 1.39. The van der Waals surface area contributed by atoms with Crippen LogP contribution in [0, 0.1) is 6.92 Å². The van der Waals surface area contributed by atoms with Crippen LogP contribution in [0.1, 0.15) is 11.4 Å². The zero-order valence-electron chi connectivity index (χ0n) is 11.8. The molecule has 6 nitrogen and oxygen atoms in total. The maximum Gasteiger partial charge on any atom is 0.195 e. The van der Waals surface area contributed by atoms with Crippen molar-refractivity contribution in [1.29, 1.82) is 0 Å². The number of nitrogens with one attached hydrogen (secondary N) is 1. The Hall–Kier alpha value is -2.12. The fourth-order valence-electron chi connectivity index (χ4n) is 1.98. The SMILES string of the molecule is COc1ccc2nc(Sc3nc(C)cc(CN)n3)[nH]c2c1. The Labute approximate surface area is 126 Å². The van der Waals surface area contributed by atoms with Gasteiger partial charge in [-0.05, 0) is 36.9 Å². The lowest BCUT2D eigenvalue weighted by Crippen LogP contribution is -2.02. The van der Waals surface area contributed by atoms with Gasteiger partial charge in [-0.3, -0.25) is 0 Å². The summed E-state index contributed by atoms with van der Waals surface area (Å²) in [7, 11) is 1.64. The lowest BCUT2D eigenvalue weighted by molar-refractivity contribution is 0.415. The van der Waals surface area contributed by atoms with Gasteiger partial charge < -0.3 is 15.5 Å². The first-order chi connectivity index (χ1) is 10.2. The van der Waals surface area contributed by atoms with Gasteiger partial charge in [0, 0.05) is 18.3 Å². The van der Waals surface area contributed by atoms with Crippen molar-refractivity contribution in [2.24, 2.45) is 5.73 Å². The van der Waals surface area contributed by atoms with Gasteiger partial charge in [-0.1, -0.05) is 0 Å². The van der Waals surface area contributed by atoms with Crippen LogP contribution in [0.25, 0.3) is 11.0 Å². The molecule has 0 atom stereocenters. The Bertz CT molecular complexity index is 786. The van der Waals surface area contributed by atoms with Crippen molar-refractivity contribution in [2.45, 2.75) is 23.8 Å². The molecule has 3 rings (SSSR count). The number of hydrogen-bond acceptors (Lipinski definition) is 6. The van der Waals surface area contributed by atoms with Gasteiger partial charge in [0.2, 0.25) is 0 Å². The number of rotatable bonds is 4. The number of hydrogen-bond donors (Lipinski definition) is 2. The lowest BCUT2D eigenvalue weighted by atomic mass is 10.3. The van der Waals surface area contributed by atoms with E-state index in [0.29, 0.717) is 11.7 Å². The van der Waals surface area contributed by atoms with Crippen LogP contribution in [-0.2, 0) is 6.54 Å². The second-order valence-corrected chi connectivity index (χ2v) is 5.47. The highest BCUT2D eigenvalue weighted by Gasteiger charge is 2.09. The Kier molecular flexibility index (Phi) is 3.76. The van der Waals surface area contributed by atoms with Crippen LogP contribution >= 0.6 is 11.8 Å². The molecule has 2 aromatic heterocycles. The van der Waals surface area contributed by atoms with E-state index in [0.717, 1.165) is 33.3 Å². The number of fused-ring (bicyclic) bond motifs is 1. The number of methoxy groups -OCH3 is 1. The van der Waals surface area contributed by atoms with E-state index in [9.17, 15) is 0 Å². The first kappa shape index (κ1) is 13.8. The first-order valence-corrected chi connectivity index (χ1v) is 7.26. The van der Waals surface area contributed by atoms with Crippen LogP contribution in [-0.4, -0.2) is 27.0 Å². The summed E-state index contributed by atoms with van der Waals surface area (Å²) in [4.78, 5) is 16.5. The van der Waals surface area contributed by atoms with E-state index in [4.69, 9.17) is 10.5 Å². The summed E-state index contributed by atoms with van der Waals surface area (Å²) in [6.07, 6.45) is 0. The quantitative estimate of drug-likeness (QED) is 0.719. The van der Waals surface area contributed by atoms with Crippen LogP contribution in [0.4, 0.5) is 0 Å². The second kappa shape index (κ2) is 5.71. The molecule has 0 aliphatic heterocycles. The molecule has 21 heavy (non-hydrogen) atoms. The Morgan fingerprint density at radius 3 is 2.86 bits per heavy atom. The van der Waals surface area contributed by atoms with E-state index in [1.165, 1.54) is 11.8 Å². The van der Waals surface area contributed by atoms with Gasteiger partial charge >= 0.3 is 0 Å². The monoisotopic (exact) mass is 301 g/mol. The van der Waals surface area contributed by atoms with E-state index < -0.39 is 0 Å². The smallest absolute Gasteiger partial charge is 0.195 e. The van der Waals surface area contributed by atoms with Crippen LogP contribution in [0.3, 0.4) is 0 Å². The van der Waals surface area contributed by atoms with E-state index in [2.05, 4.69) is 19.9 Å². The maximum absolute atomic E-state index is 5.64. The van der Waals surface area contributed by atoms with Crippen molar-refractivity contribution in [3.05, 3.63) is 35.7 Å². The summed E-state index contributed by atoms with van der Waals surface area (Å²) in [6.45, 7) is 2.32. The predicted octanol–water partition coefficient (Wildman–Crippen LogP) is 2.28. The van der Waals surface area contributed by atoms with Gasteiger partial charge in [0.25, 0.3) is 0 Å². The van der Waals surface area contributed by atoms with Crippen LogP contribution in [0.5, 0.6) is 5.75 Å². The summed E-state index contributed by atoms with van der Waals surface area (Å²) in [6, 6.07) is 7.59. The Balaban J connectivity index is 1.92. The molecule has 0 spiro atoms. The number of ether oxygens (including phenoxy) is 1. The van der Waals surface area contributed by atoms with Crippen LogP contribution in [0.15, 0.2) is 34.6 Å². The zero-order chi connectivity index (χ0) is 14.8.